The molecule has 0 unspecified atom stereocenters. The van der Waals surface area contributed by atoms with Crippen LogP contribution in [0.15, 0.2) is 42.6 Å². The molecule has 0 fully saturated rings. The molecule has 0 aliphatic carbocycles. The summed E-state index contributed by atoms with van der Waals surface area (Å²) < 4.78 is 0. The first kappa shape index (κ1) is 21.6. The molecule has 0 spiro atoms. The summed E-state index contributed by atoms with van der Waals surface area (Å²) in [6, 6.07) is 12.0. The number of rotatable bonds is 1. The minimum atomic E-state index is 0.156. The zero-order valence-corrected chi connectivity index (χ0v) is 15.7. The van der Waals surface area contributed by atoms with Crippen molar-refractivity contribution in [3.8, 4) is 17.1 Å². The van der Waals surface area contributed by atoms with Crippen molar-refractivity contribution in [3.05, 3.63) is 48.2 Å². The van der Waals surface area contributed by atoms with Gasteiger partial charge in [-0.25, -0.2) is 4.98 Å². The summed E-state index contributed by atoms with van der Waals surface area (Å²) in [5.41, 5.74) is 4.40. The fourth-order valence-electron chi connectivity index (χ4n) is 2.62. The van der Waals surface area contributed by atoms with Crippen LogP contribution in [0.5, 0.6) is 5.88 Å². The van der Waals surface area contributed by atoms with Crippen molar-refractivity contribution in [3.63, 3.8) is 0 Å². The molecular formula is C20H24N4O3. The third kappa shape index (κ3) is 4.80. The highest BCUT2D eigenvalue weighted by Crippen LogP contribution is 2.36. The number of aryl methyl sites for hydroxylation is 1. The Balaban J connectivity index is 0.000000466. The van der Waals surface area contributed by atoms with Crippen LogP contribution in [0.3, 0.4) is 0 Å². The highest BCUT2D eigenvalue weighted by atomic mass is 16.3. The third-order valence-corrected chi connectivity index (χ3v) is 3.60. The molecule has 3 aromatic heterocycles. The third-order valence-electron chi connectivity index (χ3n) is 3.60. The second-order valence-corrected chi connectivity index (χ2v) is 5.51. The van der Waals surface area contributed by atoms with E-state index in [-0.39, 0.29) is 5.88 Å². The van der Waals surface area contributed by atoms with E-state index in [9.17, 15) is 5.11 Å². The summed E-state index contributed by atoms with van der Waals surface area (Å²) >= 11 is 0. The van der Waals surface area contributed by atoms with Crippen LogP contribution in [-0.4, -0.2) is 47.7 Å². The lowest BCUT2D eigenvalue weighted by Crippen LogP contribution is -1.89. The first-order chi connectivity index (χ1) is 13.1. The second-order valence-electron chi connectivity index (χ2n) is 5.51. The molecule has 0 aliphatic rings. The van der Waals surface area contributed by atoms with Crippen molar-refractivity contribution in [1.29, 1.82) is 0 Å². The van der Waals surface area contributed by atoms with Crippen LogP contribution in [0, 0.1) is 6.92 Å². The number of benzene rings is 1. The number of nitrogens with one attached hydrogen (secondary N) is 3. The number of aromatic nitrogens is 3. The predicted molar refractivity (Wildman–Crippen MR) is 109 cm³/mol. The van der Waals surface area contributed by atoms with Gasteiger partial charge in [0.25, 0.3) is 0 Å². The summed E-state index contributed by atoms with van der Waals surface area (Å²) in [5, 5.41) is 15.0. The summed E-state index contributed by atoms with van der Waals surface area (Å²) in [6.07, 6.45) is 1.86. The maximum absolute atomic E-state index is 10.2. The number of pyridine rings is 1. The van der Waals surface area contributed by atoms with E-state index in [4.69, 9.17) is 9.59 Å². The van der Waals surface area contributed by atoms with Crippen LogP contribution in [0.2, 0.25) is 0 Å². The fraction of sp³-hybridized carbons (Fsp3) is 0.150. The Labute approximate surface area is 157 Å². The molecule has 3 heterocycles. The minimum absolute atomic E-state index is 0.156. The molecule has 4 aromatic rings. The van der Waals surface area contributed by atoms with Crippen LogP contribution in [0.4, 0.5) is 0 Å². The van der Waals surface area contributed by atoms with Crippen molar-refractivity contribution in [2.75, 3.05) is 14.1 Å². The van der Waals surface area contributed by atoms with Gasteiger partial charge in [-0.15, -0.1) is 0 Å². The van der Waals surface area contributed by atoms with Crippen molar-refractivity contribution in [2.45, 2.75) is 6.92 Å². The van der Waals surface area contributed by atoms with Gasteiger partial charge in [0.05, 0.1) is 11.3 Å². The summed E-state index contributed by atoms with van der Waals surface area (Å²) in [6.45, 7) is 6.04. The van der Waals surface area contributed by atoms with Gasteiger partial charge in [0.2, 0.25) is 0 Å². The van der Waals surface area contributed by atoms with Crippen LogP contribution in [0.25, 0.3) is 33.2 Å². The summed E-state index contributed by atoms with van der Waals surface area (Å²) in [5.74, 6) is 0.156. The molecule has 1 aromatic carbocycles. The van der Waals surface area contributed by atoms with E-state index >= 15 is 0 Å². The minimum Gasteiger partial charge on any atom is -0.494 e. The average Bonchev–Trinajstić information content (AvgIpc) is 3.28. The topological polar surface area (TPSA) is 111 Å². The molecule has 0 saturated heterocycles. The molecule has 7 heteroatoms. The Kier molecular flexibility index (Phi) is 8.41. The lowest BCUT2D eigenvalue weighted by molar-refractivity contribution is -0.0987. The Hall–Kier alpha value is -3.45. The van der Waals surface area contributed by atoms with Gasteiger partial charge in [0.15, 0.2) is 5.88 Å². The molecule has 27 heavy (non-hydrogen) atoms. The smallest absolute Gasteiger partial charge is 0.199 e. The Bertz CT molecular complexity index is 989. The Morgan fingerprint density at radius 1 is 1.04 bits per heavy atom. The lowest BCUT2D eigenvalue weighted by Gasteiger charge is -2.01. The number of carbonyl (C=O) groups excluding carboxylic acids is 2. The predicted octanol–water partition coefficient (Wildman–Crippen LogP) is 3.19. The number of hydrogen-bond acceptors (Lipinski definition) is 5. The molecule has 0 aliphatic heterocycles. The van der Waals surface area contributed by atoms with Gasteiger partial charge >= 0.3 is 0 Å². The molecule has 4 N–H and O–H groups in total. The molecule has 0 radical (unpaired) electrons. The van der Waals surface area contributed by atoms with E-state index in [0.29, 0.717) is 0 Å². The molecule has 0 atom stereocenters. The first-order valence-corrected chi connectivity index (χ1v) is 8.06. The fourth-order valence-corrected chi connectivity index (χ4v) is 2.62. The number of carbonyl (C=O) groups is 2. The molecule has 0 bridgehead atoms. The van der Waals surface area contributed by atoms with Crippen molar-refractivity contribution < 1.29 is 14.7 Å². The quantitative estimate of drug-likeness (QED) is 0.412. The Morgan fingerprint density at radius 3 is 2.37 bits per heavy atom. The Morgan fingerprint density at radius 2 is 1.70 bits per heavy atom. The SMILES string of the molecule is C=O.C=O.CNC.Cc1ccc2[nH]c(O)c(-c3ccc4cc[nH]c4n3)c2c1. The molecule has 7 nitrogen and oxygen atoms in total. The van der Waals surface area contributed by atoms with E-state index in [1.807, 2.05) is 71.1 Å². The summed E-state index contributed by atoms with van der Waals surface area (Å²) in [4.78, 5) is 26.7. The van der Waals surface area contributed by atoms with Gasteiger partial charge in [-0.1, -0.05) is 11.6 Å². The van der Waals surface area contributed by atoms with Gasteiger partial charge in [-0.3, -0.25) is 0 Å². The highest BCUT2D eigenvalue weighted by Gasteiger charge is 2.14. The zero-order valence-electron chi connectivity index (χ0n) is 15.7. The number of nitrogens with zero attached hydrogens (tertiary/aromatic N) is 1. The number of H-pyrrole nitrogens is 2. The first-order valence-electron chi connectivity index (χ1n) is 8.06. The molecule has 142 valence electrons. The zero-order chi connectivity index (χ0) is 20.4. The summed E-state index contributed by atoms with van der Waals surface area (Å²) in [7, 11) is 3.75. The maximum Gasteiger partial charge on any atom is 0.199 e. The lowest BCUT2D eigenvalue weighted by atomic mass is 10.1. The number of hydrogen-bond donors (Lipinski definition) is 4. The standard InChI is InChI=1S/C16H13N3O.C2H7N.2CH2O/c1-9-2-4-12-11(8-9)14(16(20)19-12)13-5-3-10-6-7-17-15(10)18-13;1-3-2;2*1-2/h2-8,19-20H,1H3,(H,17,18);3H,1-2H3;2*1H2. The maximum atomic E-state index is 10.2. The van der Waals surface area contributed by atoms with Gasteiger partial charge in [0, 0.05) is 22.5 Å². The number of aromatic amines is 2. The monoisotopic (exact) mass is 368 g/mol. The van der Waals surface area contributed by atoms with Crippen LogP contribution in [0.1, 0.15) is 5.56 Å². The number of fused-ring (bicyclic) bond motifs is 2. The van der Waals surface area contributed by atoms with Gasteiger partial charge in [0.1, 0.15) is 19.2 Å². The van der Waals surface area contributed by atoms with Crippen molar-refractivity contribution >= 4 is 35.5 Å². The van der Waals surface area contributed by atoms with E-state index < -0.39 is 0 Å². The van der Waals surface area contributed by atoms with Crippen LogP contribution < -0.4 is 5.32 Å². The van der Waals surface area contributed by atoms with E-state index in [1.165, 1.54) is 0 Å². The molecular weight excluding hydrogens is 344 g/mol. The molecule has 4 rings (SSSR count). The van der Waals surface area contributed by atoms with E-state index in [2.05, 4.69) is 26.3 Å². The van der Waals surface area contributed by atoms with E-state index in [0.717, 1.165) is 38.8 Å². The number of aromatic hydroxyl groups is 1. The van der Waals surface area contributed by atoms with Crippen LogP contribution in [-0.2, 0) is 9.59 Å². The van der Waals surface area contributed by atoms with Gasteiger partial charge in [-0.2, -0.15) is 0 Å². The van der Waals surface area contributed by atoms with Gasteiger partial charge in [-0.05, 0) is 51.4 Å². The van der Waals surface area contributed by atoms with E-state index in [1.54, 1.807) is 0 Å². The molecule has 0 saturated carbocycles. The second kappa shape index (κ2) is 10.5. The van der Waals surface area contributed by atoms with Crippen molar-refractivity contribution in [1.82, 2.24) is 20.3 Å². The van der Waals surface area contributed by atoms with Gasteiger partial charge < -0.3 is 30.0 Å². The normalized spacial score (nSPS) is 9.44. The largest absolute Gasteiger partial charge is 0.494 e. The van der Waals surface area contributed by atoms with Crippen molar-refractivity contribution in [2.24, 2.45) is 0 Å². The average molecular weight is 368 g/mol. The molecule has 0 amide bonds. The highest BCUT2D eigenvalue weighted by molar-refractivity contribution is 5.99. The van der Waals surface area contributed by atoms with Crippen LogP contribution >= 0.6 is 0 Å².